The summed E-state index contributed by atoms with van der Waals surface area (Å²) in [6, 6.07) is 19.4. The Morgan fingerprint density at radius 2 is 1.57 bits per heavy atom. The maximum atomic E-state index is 6.13. The lowest BCUT2D eigenvalue weighted by Crippen LogP contribution is -2.48. The molecule has 2 heterocycles. The number of rotatable bonds is 7. The fraction of sp³-hybridized carbons (Fsp3) is 0.348. The van der Waals surface area contributed by atoms with Gasteiger partial charge in [0.05, 0.1) is 12.4 Å². The van der Waals surface area contributed by atoms with E-state index in [1.165, 1.54) is 11.1 Å². The van der Waals surface area contributed by atoms with Crippen molar-refractivity contribution >= 4 is 11.6 Å². The molecule has 28 heavy (non-hydrogen) atoms. The van der Waals surface area contributed by atoms with E-state index in [4.69, 9.17) is 11.6 Å². The Hall–Kier alpha value is -2.14. The zero-order chi connectivity index (χ0) is 19.2. The summed E-state index contributed by atoms with van der Waals surface area (Å²) in [7, 11) is 0. The molecule has 1 aliphatic rings. The third kappa shape index (κ3) is 4.82. The summed E-state index contributed by atoms with van der Waals surface area (Å²) >= 11 is 6.13. The van der Waals surface area contributed by atoms with Crippen LogP contribution in [0.5, 0.6) is 0 Å². The summed E-state index contributed by atoms with van der Waals surface area (Å²) in [4.78, 5) is 9.30. The first-order valence-corrected chi connectivity index (χ1v) is 10.4. The van der Waals surface area contributed by atoms with E-state index in [1.807, 2.05) is 30.9 Å². The molecule has 1 atom stereocenters. The first-order valence-electron chi connectivity index (χ1n) is 10.0. The van der Waals surface area contributed by atoms with E-state index in [2.05, 4.69) is 61.8 Å². The standard InChI is InChI=1S/C23H27ClN4/c24-22-9-7-21(8-10-22)23(20-5-2-1-3-6-20)28-17-15-26(16-18-28)12-4-13-27-14-11-25-19-27/h1-3,5-11,14,19,23H,4,12-13,15-18H2. The molecule has 0 bridgehead atoms. The van der Waals surface area contributed by atoms with Crippen LogP contribution in [0.1, 0.15) is 23.6 Å². The highest BCUT2D eigenvalue weighted by molar-refractivity contribution is 6.30. The van der Waals surface area contributed by atoms with Gasteiger partial charge in [-0.2, -0.15) is 0 Å². The topological polar surface area (TPSA) is 24.3 Å². The van der Waals surface area contributed by atoms with E-state index in [0.29, 0.717) is 0 Å². The highest BCUT2D eigenvalue weighted by Crippen LogP contribution is 2.30. The van der Waals surface area contributed by atoms with Crippen LogP contribution in [0.2, 0.25) is 5.02 Å². The Balaban J connectivity index is 1.39. The van der Waals surface area contributed by atoms with Crippen molar-refractivity contribution in [2.24, 2.45) is 0 Å². The fourth-order valence-electron chi connectivity index (χ4n) is 4.04. The first-order chi connectivity index (χ1) is 13.8. The molecular weight excluding hydrogens is 368 g/mol. The smallest absolute Gasteiger partial charge is 0.0945 e. The van der Waals surface area contributed by atoms with Crippen molar-refractivity contribution in [2.75, 3.05) is 32.7 Å². The molecule has 146 valence electrons. The Morgan fingerprint density at radius 1 is 0.857 bits per heavy atom. The van der Waals surface area contributed by atoms with Crippen LogP contribution in [0.15, 0.2) is 73.3 Å². The number of imidazole rings is 1. The SMILES string of the molecule is Clc1ccc(C(c2ccccc2)N2CCN(CCCn3ccnc3)CC2)cc1. The van der Waals surface area contributed by atoms with Crippen molar-refractivity contribution in [1.29, 1.82) is 0 Å². The fourth-order valence-corrected chi connectivity index (χ4v) is 4.16. The van der Waals surface area contributed by atoms with Crippen molar-refractivity contribution in [3.05, 3.63) is 89.5 Å². The number of piperazine rings is 1. The molecule has 0 aliphatic carbocycles. The normalized spacial score (nSPS) is 16.9. The third-order valence-corrected chi connectivity index (χ3v) is 5.77. The predicted molar refractivity (Wildman–Crippen MR) is 115 cm³/mol. The summed E-state index contributed by atoms with van der Waals surface area (Å²) in [5.41, 5.74) is 2.66. The van der Waals surface area contributed by atoms with Crippen LogP contribution in [0.25, 0.3) is 0 Å². The maximum absolute atomic E-state index is 6.13. The number of aromatic nitrogens is 2. The molecule has 1 unspecified atom stereocenters. The van der Waals surface area contributed by atoms with Crippen LogP contribution in [-0.4, -0.2) is 52.1 Å². The van der Waals surface area contributed by atoms with E-state index >= 15 is 0 Å². The average Bonchev–Trinajstić information content (AvgIpc) is 3.25. The minimum atomic E-state index is 0.284. The van der Waals surface area contributed by atoms with Crippen molar-refractivity contribution in [2.45, 2.75) is 19.0 Å². The van der Waals surface area contributed by atoms with E-state index in [1.54, 1.807) is 0 Å². The zero-order valence-electron chi connectivity index (χ0n) is 16.1. The monoisotopic (exact) mass is 394 g/mol. The minimum Gasteiger partial charge on any atom is -0.337 e. The Labute approximate surface area is 172 Å². The molecule has 3 aromatic rings. The summed E-state index contributed by atoms with van der Waals surface area (Å²) in [5.74, 6) is 0. The number of hydrogen-bond donors (Lipinski definition) is 0. The zero-order valence-corrected chi connectivity index (χ0v) is 16.9. The van der Waals surface area contributed by atoms with Crippen LogP contribution in [0, 0.1) is 0 Å². The second-order valence-electron chi connectivity index (χ2n) is 7.40. The molecule has 1 fully saturated rings. The van der Waals surface area contributed by atoms with E-state index < -0.39 is 0 Å². The summed E-state index contributed by atoms with van der Waals surface area (Å²) in [6.45, 7) is 6.56. The van der Waals surface area contributed by atoms with Crippen LogP contribution < -0.4 is 0 Å². The van der Waals surface area contributed by atoms with Gasteiger partial charge in [-0.25, -0.2) is 4.98 Å². The van der Waals surface area contributed by atoms with Crippen molar-refractivity contribution in [3.8, 4) is 0 Å². The molecule has 0 saturated carbocycles. The lowest BCUT2D eigenvalue weighted by molar-refractivity contribution is 0.108. The van der Waals surface area contributed by atoms with Gasteiger partial charge < -0.3 is 9.47 Å². The second kappa shape index (κ2) is 9.37. The Bertz CT molecular complexity index is 825. The number of halogens is 1. The molecule has 4 nitrogen and oxygen atoms in total. The largest absolute Gasteiger partial charge is 0.337 e. The van der Waals surface area contributed by atoms with Gasteiger partial charge in [0.25, 0.3) is 0 Å². The summed E-state index contributed by atoms with van der Waals surface area (Å²) in [5, 5.41) is 0.790. The number of nitrogens with zero attached hydrogens (tertiary/aromatic N) is 4. The Kier molecular flexibility index (Phi) is 6.42. The summed E-state index contributed by atoms with van der Waals surface area (Å²) in [6.07, 6.45) is 6.94. The van der Waals surface area contributed by atoms with E-state index in [-0.39, 0.29) is 6.04 Å². The van der Waals surface area contributed by atoms with Crippen molar-refractivity contribution < 1.29 is 0 Å². The summed E-state index contributed by atoms with van der Waals surface area (Å²) < 4.78 is 2.15. The lowest BCUT2D eigenvalue weighted by atomic mass is 9.96. The van der Waals surface area contributed by atoms with Gasteiger partial charge in [-0.1, -0.05) is 54.1 Å². The molecule has 0 amide bonds. The van der Waals surface area contributed by atoms with Gasteiger partial charge in [-0.05, 0) is 36.2 Å². The maximum Gasteiger partial charge on any atom is 0.0945 e. The van der Waals surface area contributed by atoms with Crippen LogP contribution in [0.3, 0.4) is 0 Å². The molecule has 0 N–H and O–H groups in total. The number of hydrogen-bond acceptors (Lipinski definition) is 3. The lowest BCUT2D eigenvalue weighted by Gasteiger charge is -2.40. The molecule has 1 aliphatic heterocycles. The molecule has 1 saturated heterocycles. The van der Waals surface area contributed by atoms with Crippen LogP contribution in [0.4, 0.5) is 0 Å². The molecule has 2 aromatic carbocycles. The number of aryl methyl sites for hydroxylation is 1. The first kappa shape index (κ1) is 19.2. The highest BCUT2D eigenvalue weighted by Gasteiger charge is 2.26. The predicted octanol–water partition coefficient (Wildman–Crippen LogP) is 4.33. The van der Waals surface area contributed by atoms with Gasteiger partial charge in [0, 0.05) is 50.1 Å². The molecule has 0 radical (unpaired) electrons. The van der Waals surface area contributed by atoms with Gasteiger partial charge in [0.2, 0.25) is 0 Å². The molecule has 1 aromatic heterocycles. The van der Waals surface area contributed by atoms with Gasteiger partial charge in [-0.3, -0.25) is 4.90 Å². The molecule has 0 spiro atoms. The van der Waals surface area contributed by atoms with Crippen molar-refractivity contribution in [3.63, 3.8) is 0 Å². The highest BCUT2D eigenvalue weighted by atomic mass is 35.5. The molecule has 4 rings (SSSR count). The van der Waals surface area contributed by atoms with Crippen LogP contribution in [-0.2, 0) is 6.54 Å². The average molecular weight is 395 g/mol. The molecule has 5 heteroatoms. The third-order valence-electron chi connectivity index (χ3n) is 5.52. The van der Waals surface area contributed by atoms with E-state index in [0.717, 1.165) is 50.7 Å². The second-order valence-corrected chi connectivity index (χ2v) is 7.83. The number of benzene rings is 2. The van der Waals surface area contributed by atoms with E-state index in [9.17, 15) is 0 Å². The minimum absolute atomic E-state index is 0.284. The van der Waals surface area contributed by atoms with Gasteiger partial charge in [-0.15, -0.1) is 0 Å². The van der Waals surface area contributed by atoms with Gasteiger partial charge in [0.1, 0.15) is 0 Å². The quantitative estimate of drug-likeness (QED) is 0.596. The van der Waals surface area contributed by atoms with Gasteiger partial charge in [0.15, 0.2) is 0 Å². The van der Waals surface area contributed by atoms with Crippen LogP contribution >= 0.6 is 11.6 Å². The van der Waals surface area contributed by atoms with Crippen molar-refractivity contribution in [1.82, 2.24) is 19.4 Å². The Morgan fingerprint density at radius 3 is 2.25 bits per heavy atom. The van der Waals surface area contributed by atoms with Gasteiger partial charge >= 0.3 is 0 Å². The molecular formula is C23H27ClN4.